The van der Waals surface area contributed by atoms with Gasteiger partial charge in [-0.1, -0.05) is 15.9 Å². The maximum atomic E-state index is 12.4. The summed E-state index contributed by atoms with van der Waals surface area (Å²) in [4.78, 5) is 27.7. The number of hydrogen-bond acceptors (Lipinski definition) is 5. The molecular weight excluding hydrogens is 382 g/mol. The van der Waals surface area contributed by atoms with Crippen molar-refractivity contribution >= 4 is 39.1 Å². The third-order valence-electron chi connectivity index (χ3n) is 4.06. The van der Waals surface area contributed by atoms with Gasteiger partial charge >= 0.3 is 6.09 Å². The van der Waals surface area contributed by atoms with Crippen molar-refractivity contribution in [1.82, 2.24) is 4.90 Å². The Balaban J connectivity index is 1.78. The molecule has 2 saturated heterocycles. The maximum absolute atomic E-state index is 12.4. The van der Waals surface area contributed by atoms with Crippen LogP contribution in [0.25, 0.3) is 0 Å². The Hall–Kier alpha value is -0.920. The second-order valence-electron chi connectivity index (χ2n) is 6.99. The van der Waals surface area contributed by atoms with Gasteiger partial charge in [-0.05, 0) is 32.9 Å². The van der Waals surface area contributed by atoms with E-state index in [-0.39, 0.29) is 17.9 Å². The molecule has 0 aromatic carbocycles. The Morgan fingerprint density at radius 3 is 2.87 bits per heavy atom. The van der Waals surface area contributed by atoms with Crippen LogP contribution in [0.15, 0.2) is 12.1 Å². The molecule has 0 saturated carbocycles. The van der Waals surface area contributed by atoms with Crippen LogP contribution >= 0.6 is 27.3 Å². The molecule has 2 atom stereocenters. The van der Waals surface area contributed by atoms with Crippen molar-refractivity contribution in [2.75, 3.05) is 18.5 Å². The van der Waals surface area contributed by atoms with E-state index in [2.05, 4.69) is 15.9 Å². The van der Waals surface area contributed by atoms with Gasteiger partial charge in [0.25, 0.3) is 0 Å². The van der Waals surface area contributed by atoms with Crippen LogP contribution in [0.4, 0.5) is 4.79 Å². The second-order valence-corrected chi connectivity index (χ2v) is 8.64. The first-order valence-corrected chi connectivity index (χ1v) is 9.51. The van der Waals surface area contributed by atoms with Crippen LogP contribution in [0.1, 0.15) is 41.7 Å². The van der Waals surface area contributed by atoms with Gasteiger partial charge in [0.2, 0.25) is 0 Å². The predicted octanol–water partition coefficient (Wildman–Crippen LogP) is 3.56. The first kappa shape index (κ1) is 16.9. The summed E-state index contributed by atoms with van der Waals surface area (Å²) < 4.78 is 11.5. The Kier molecular flexibility index (Phi) is 4.31. The first-order valence-electron chi connectivity index (χ1n) is 7.57. The fourth-order valence-corrected chi connectivity index (χ4v) is 4.63. The number of rotatable bonds is 3. The first-order chi connectivity index (χ1) is 10.7. The van der Waals surface area contributed by atoms with E-state index < -0.39 is 11.2 Å². The Morgan fingerprint density at radius 2 is 2.22 bits per heavy atom. The lowest BCUT2D eigenvalue weighted by molar-refractivity contribution is -0.0540. The third-order valence-corrected chi connectivity index (χ3v) is 5.88. The highest BCUT2D eigenvalue weighted by molar-refractivity contribution is 9.09. The van der Waals surface area contributed by atoms with Crippen LogP contribution in [-0.4, -0.2) is 46.9 Å². The molecule has 1 amide bonds. The fourth-order valence-electron chi connectivity index (χ4n) is 3.05. The molecule has 126 valence electrons. The topological polar surface area (TPSA) is 55.8 Å². The highest BCUT2D eigenvalue weighted by Crippen LogP contribution is 2.47. The number of likely N-dealkylation sites (tertiary alicyclic amines) is 1. The lowest BCUT2D eigenvalue weighted by Crippen LogP contribution is -2.46. The molecule has 0 spiro atoms. The Bertz CT molecular complexity index is 638. The highest BCUT2D eigenvalue weighted by Gasteiger charge is 2.55. The summed E-state index contributed by atoms with van der Waals surface area (Å²) >= 11 is 4.65. The SMILES string of the molecule is CC(C)(C)OC(=O)N1C[C@@]2(c3ccc(C(=O)CBr)s3)C[C@@H]1CO2. The molecule has 7 heteroatoms. The number of nitrogens with zero attached hydrogens (tertiary/aromatic N) is 1. The number of halogens is 1. The molecule has 0 N–H and O–H groups in total. The molecule has 3 heterocycles. The Labute approximate surface area is 148 Å². The van der Waals surface area contributed by atoms with Crippen LogP contribution in [-0.2, 0) is 15.1 Å². The van der Waals surface area contributed by atoms with Gasteiger partial charge in [0.05, 0.1) is 29.4 Å². The number of fused-ring (bicyclic) bond motifs is 2. The maximum Gasteiger partial charge on any atom is 0.410 e. The fraction of sp³-hybridized carbons (Fsp3) is 0.625. The summed E-state index contributed by atoms with van der Waals surface area (Å²) in [5.74, 6) is 0.0641. The van der Waals surface area contributed by atoms with Gasteiger partial charge in [-0.2, -0.15) is 0 Å². The van der Waals surface area contributed by atoms with Gasteiger partial charge in [-0.3, -0.25) is 9.69 Å². The summed E-state index contributed by atoms with van der Waals surface area (Å²) in [6.45, 7) is 6.59. The normalized spacial score (nSPS) is 26.6. The molecule has 0 aliphatic carbocycles. The van der Waals surface area contributed by atoms with Crippen LogP contribution < -0.4 is 0 Å². The van der Waals surface area contributed by atoms with E-state index in [9.17, 15) is 9.59 Å². The zero-order chi connectivity index (χ0) is 16.8. The molecule has 1 aromatic heterocycles. The monoisotopic (exact) mass is 401 g/mol. The quantitative estimate of drug-likeness (QED) is 0.573. The van der Waals surface area contributed by atoms with Crippen molar-refractivity contribution in [3.05, 3.63) is 21.9 Å². The molecule has 5 nitrogen and oxygen atoms in total. The number of carbonyl (C=O) groups excluding carboxylic acids is 2. The molecule has 2 aliphatic rings. The van der Waals surface area contributed by atoms with Crippen molar-refractivity contribution in [1.29, 1.82) is 0 Å². The number of carbonyl (C=O) groups is 2. The van der Waals surface area contributed by atoms with Crippen LogP contribution in [0.5, 0.6) is 0 Å². The molecule has 0 radical (unpaired) electrons. The smallest absolute Gasteiger partial charge is 0.410 e. The molecule has 0 unspecified atom stereocenters. The van der Waals surface area contributed by atoms with Gasteiger partial charge in [0, 0.05) is 11.3 Å². The third kappa shape index (κ3) is 3.19. The van der Waals surface area contributed by atoms with Crippen molar-refractivity contribution in [2.24, 2.45) is 0 Å². The van der Waals surface area contributed by atoms with E-state index >= 15 is 0 Å². The van der Waals surface area contributed by atoms with E-state index in [1.54, 1.807) is 4.90 Å². The number of amides is 1. The summed E-state index contributed by atoms with van der Waals surface area (Å²) in [5.41, 5.74) is -0.998. The molecule has 3 rings (SSSR count). The molecule has 2 fully saturated rings. The van der Waals surface area contributed by atoms with E-state index in [0.717, 1.165) is 11.3 Å². The average Bonchev–Trinajstić information content (AvgIpc) is 3.18. The molecule has 2 bridgehead atoms. The van der Waals surface area contributed by atoms with Crippen molar-refractivity contribution in [3.8, 4) is 0 Å². The van der Waals surface area contributed by atoms with E-state index in [0.29, 0.717) is 23.4 Å². The average molecular weight is 402 g/mol. The van der Waals surface area contributed by atoms with Crippen molar-refractivity contribution < 1.29 is 19.1 Å². The number of hydrogen-bond donors (Lipinski definition) is 0. The van der Waals surface area contributed by atoms with Crippen molar-refractivity contribution in [2.45, 2.75) is 44.4 Å². The largest absolute Gasteiger partial charge is 0.444 e. The van der Waals surface area contributed by atoms with E-state index in [1.165, 1.54) is 11.3 Å². The summed E-state index contributed by atoms with van der Waals surface area (Å²) in [6.07, 6.45) is 0.468. The number of morpholine rings is 1. The number of Topliss-reactive ketones (excluding diaryl/α,β-unsaturated/α-hetero) is 1. The molecule has 2 aliphatic heterocycles. The molecule has 1 aromatic rings. The Morgan fingerprint density at radius 1 is 1.48 bits per heavy atom. The molecular formula is C16H20BrNO4S. The molecule has 23 heavy (non-hydrogen) atoms. The minimum atomic E-state index is -0.509. The number of ether oxygens (including phenoxy) is 2. The van der Waals surface area contributed by atoms with Gasteiger partial charge in [-0.25, -0.2) is 4.79 Å². The summed E-state index contributed by atoms with van der Waals surface area (Å²) in [7, 11) is 0. The minimum Gasteiger partial charge on any atom is -0.444 e. The lowest BCUT2D eigenvalue weighted by Gasteiger charge is -2.33. The predicted molar refractivity (Wildman–Crippen MR) is 91.4 cm³/mol. The number of ketones is 1. The van der Waals surface area contributed by atoms with Crippen molar-refractivity contribution in [3.63, 3.8) is 0 Å². The van der Waals surface area contributed by atoms with Gasteiger partial charge in [0.15, 0.2) is 5.78 Å². The highest BCUT2D eigenvalue weighted by atomic mass is 79.9. The lowest BCUT2D eigenvalue weighted by atomic mass is 10.0. The summed E-state index contributed by atoms with van der Waals surface area (Å²) in [6, 6.07) is 3.83. The number of thiophene rings is 1. The zero-order valence-electron chi connectivity index (χ0n) is 13.4. The van der Waals surface area contributed by atoms with Gasteiger partial charge in [0.1, 0.15) is 11.2 Å². The zero-order valence-corrected chi connectivity index (χ0v) is 15.8. The minimum absolute atomic E-state index is 0.0438. The van der Waals surface area contributed by atoms with Crippen LogP contribution in [0.2, 0.25) is 0 Å². The number of alkyl halides is 1. The summed E-state index contributed by atoms with van der Waals surface area (Å²) in [5, 5.41) is 0.313. The van der Waals surface area contributed by atoms with Gasteiger partial charge < -0.3 is 9.47 Å². The van der Waals surface area contributed by atoms with Crippen LogP contribution in [0.3, 0.4) is 0 Å². The van der Waals surface area contributed by atoms with Crippen LogP contribution in [0, 0.1) is 0 Å². The van der Waals surface area contributed by atoms with Gasteiger partial charge in [-0.15, -0.1) is 11.3 Å². The standard InChI is InChI=1S/C16H20BrNO4S/c1-15(2,3)22-14(20)18-9-16(6-10(18)8-21-16)13-5-4-12(23-13)11(19)7-17/h4-5,10H,6-9H2,1-3H3/t10-,16-/m1/s1. The van der Waals surface area contributed by atoms with E-state index in [4.69, 9.17) is 9.47 Å². The van der Waals surface area contributed by atoms with E-state index in [1.807, 2.05) is 32.9 Å². The second kappa shape index (κ2) is 5.86.